The first-order valence-electron chi connectivity index (χ1n) is 9.87. The molecule has 5 nitrogen and oxygen atoms in total. The van der Waals surface area contributed by atoms with Gasteiger partial charge in [-0.15, -0.1) is 0 Å². The number of carbonyl (C=O) groups is 2. The fourth-order valence-corrected chi connectivity index (χ4v) is 3.52. The molecule has 1 aromatic carbocycles. The largest absolute Gasteiger partial charge is 0.372 e. The number of anilines is 2. The van der Waals surface area contributed by atoms with Crippen molar-refractivity contribution in [2.24, 2.45) is 5.92 Å². The molecule has 1 fully saturated rings. The second-order valence-corrected chi connectivity index (χ2v) is 7.17. The summed E-state index contributed by atoms with van der Waals surface area (Å²) < 4.78 is 0. The van der Waals surface area contributed by atoms with E-state index in [4.69, 9.17) is 0 Å². The van der Waals surface area contributed by atoms with Gasteiger partial charge in [-0.1, -0.05) is 6.92 Å². The Morgan fingerprint density at radius 2 is 1.58 bits per heavy atom. The van der Waals surface area contributed by atoms with E-state index in [0.717, 1.165) is 50.4 Å². The van der Waals surface area contributed by atoms with Crippen LogP contribution in [0.3, 0.4) is 0 Å². The van der Waals surface area contributed by atoms with Gasteiger partial charge in [-0.25, -0.2) is 0 Å². The highest BCUT2D eigenvalue weighted by Gasteiger charge is 2.21. The van der Waals surface area contributed by atoms with Gasteiger partial charge < -0.3 is 14.7 Å². The molecule has 144 valence electrons. The molecule has 26 heavy (non-hydrogen) atoms. The Morgan fingerprint density at radius 1 is 1.04 bits per heavy atom. The van der Waals surface area contributed by atoms with Gasteiger partial charge in [0.25, 0.3) is 0 Å². The Balaban J connectivity index is 1.98. The molecule has 1 aromatic rings. The lowest BCUT2D eigenvalue weighted by Crippen LogP contribution is -2.40. The van der Waals surface area contributed by atoms with Crippen LogP contribution in [0.2, 0.25) is 0 Å². The Morgan fingerprint density at radius 3 is 2.08 bits per heavy atom. The first kappa shape index (κ1) is 20.3. The number of hydrogen-bond acceptors (Lipinski definition) is 3. The van der Waals surface area contributed by atoms with Crippen LogP contribution in [-0.2, 0) is 9.59 Å². The maximum atomic E-state index is 12.5. The second kappa shape index (κ2) is 9.60. The SMILES string of the molecule is CCN(CC)c1ccc(N(CCC(=O)N2CCC(C)CC2)C(C)=O)cc1. The average Bonchev–Trinajstić information content (AvgIpc) is 2.64. The summed E-state index contributed by atoms with van der Waals surface area (Å²) in [4.78, 5) is 30.5. The zero-order valence-electron chi connectivity index (χ0n) is 16.7. The molecule has 0 unspecified atom stereocenters. The molecule has 1 aliphatic rings. The van der Waals surface area contributed by atoms with Crippen LogP contribution in [0.25, 0.3) is 0 Å². The molecule has 0 saturated carbocycles. The monoisotopic (exact) mass is 359 g/mol. The normalized spacial score (nSPS) is 15.0. The zero-order chi connectivity index (χ0) is 19.1. The Bertz CT molecular complexity index is 588. The van der Waals surface area contributed by atoms with Gasteiger partial charge in [0.2, 0.25) is 11.8 Å². The van der Waals surface area contributed by atoms with Crippen molar-refractivity contribution in [2.45, 2.75) is 47.0 Å². The van der Waals surface area contributed by atoms with E-state index in [2.05, 4.69) is 25.7 Å². The van der Waals surface area contributed by atoms with Crippen molar-refractivity contribution in [1.82, 2.24) is 4.90 Å². The van der Waals surface area contributed by atoms with Gasteiger partial charge in [-0.05, 0) is 56.9 Å². The van der Waals surface area contributed by atoms with Gasteiger partial charge >= 0.3 is 0 Å². The number of rotatable bonds is 7. The molecule has 5 heteroatoms. The minimum atomic E-state index is -0.0272. The summed E-state index contributed by atoms with van der Waals surface area (Å²) in [5.74, 6) is 0.834. The summed E-state index contributed by atoms with van der Waals surface area (Å²) in [6, 6.07) is 8.04. The van der Waals surface area contributed by atoms with Crippen molar-refractivity contribution in [3.8, 4) is 0 Å². The standard InChI is InChI=1S/C21H33N3O2/c1-5-22(6-2)19-7-9-20(10-8-19)24(18(4)25)16-13-21(26)23-14-11-17(3)12-15-23/h7-10,17H,5-6,11-16H2,1-4H3. The minimum Gasteiger partial charge on any atom is -0.372 e. The number of amides is 2. The smallest absolute Gasteiger partial charge is 0.224 e. The van der Waals surface area contributed by atoms with Crippen molar-refractivity contribution in [3.05, 3.63) is 24.3 Å². The van der Waals surface area contributed by atoms with Gasteiger partial charge in [0.15, 0.2) is 0 Å². The van der Waals surface area contributed by atoms with Gasteiger partial charge in [0.05, 0.1) is 0 Å². The highest BCUT2D eigenvalue weighted by molar-refractivity contribution is 5.92. The van der Waals surface area contributed by atoms with Crippen LogP contribution in [0.15, 0.2) is 24.3 Å². The topological polar surface area (TPSA) is 43.9 Å². The lowest BCUT2D eigenvalue weighted by Gasteiger charge is -2.31. The number of carbonyl (C=O) groups excluding carboxylic acids is 2. The quantitative estimate of drug-likeness (QED) is 0.748. The summed E-state index contributed by atoms with van der Waals surface area (Å²) >= 11 is 0. The van der Waals surface area contributed by atoms with E-state index in [0.29, 0.717) is 18.9 Å². The molecule has 0 bridgehead atoms. The third-order valence-corrected chi connectivity index (χ3v) is 5.36. The second-order valence-electron chi connectivity index (χ2n) is 7.17. The molecule has 0 atom stereocenters. The van der Waals surface area contributed by atoms with Crippen LogP contribution in [0, 0.1) is 5.92 Å². The molecular weight excluding hydrogens is 326 g/mol. The van der Waals surface area contributed by atoms with E-state index in [9.17, 15) is 9.59 Å². The maximum absolute atomic E-state index is 12.5. The molecule has 0 radical (unpaired) electrons. The van der Waals surface area contributed by atoms with Gasteiger partial charge in [-0.2, -0.15) is 0 Å². The number of piperidine rings is 1. The third-order valence-electron chi connectivity index (χ3n) is 5.36. The molecule has 2 rings (SSSR count). The molecule has 1 aliphatic heterocycles. The predicted molar refractivity (Wildman–Crippen MR) is 108 cm³/mol. The molecule has 2 amide bonds. The van der Waals surface area contributed by atoms with Crippen molar-refractivity contribution < 1.29 is 9.59 Å². The molecule has 0 aliphatic carbocycles. The number of nitrogens with zero attached hydrogens (tertiary/aromatic N) is 3. The van der Waals surface area contributed by atoms with Crippen LogP contribution >= 0.6 is 0 Å². The Kier molecular flexibility index (Phi) is 7.49. The number of benzene rings is 1. The first-order valence-corrected chi connectivity index (χ1v) is 9.87. The van der Waals surface area contributed by atoms with Crippen LogP contribution < -0.4 is 9.80 Å². The maximum Gasteiger partial charge on any atom is 0.224 e. The minimum absolute atomic E-state index is 0.0272. The molecule has 0 aromatic heterocycles. The molecular formula is C21H33N3O2. The lowest BCUT2D eigenvalue weighted by molar-refractivity contribution is -0.132. The third kappa shape index (κ3) is 5.23. The van der Waals surface area contributed by atoms with Crippen molar-refractivity contribution >= 4 is 23.2 Å². The van der Waals surface area contributed by atoms with Gasteiger partial charge in [0.1, 0.15) is 0 Å². The number of likely N-dealkylation sites (tertiary alicyclic amines) is 1. The summed E-state index contributed by atoms with van der Waals surface area (Å²) in [6.07, 6.45) is 2.54. The highest BCUT2D eigenvalue weighted by atomic mass is 16.2. The van der Waals surface area contributed by atoms with Crippen LogP contribution in [0.1, 0.15) is 47.0 Å². The van der Waals surface area contributed by atoms with E-state index in [1.807, 2.05) is 29.2 Å². The van der Waals surface area contributed by atoms with E-state index in [1.54, 1.807) is 11.8 Å². The molecule has 0 spiro atoms. The van der Waals surface area contributed by atoms with Gasteiger partial charge in [-0.3, -0.25) is 9.59 Å². The summed E-state index contributed by atoms with van der Waals surface area (Å²) in [5.41, 5.74) is 2.01. The fraction of sp³-hybridized carbons (Fsp3) is 0.619. The van der Waals surface area contributed by atoms with E-state index < -0.39 is 0 Å². The van der Waals surface area contributed by atoms with Crippen molar-refractivity contribution in [3.63, 3.8) is 0 Å². The van der Waals surface area contributed by atoms with E-state index in [1.165, 1.54) is 0 Å². The van der Waals surface area contributed by atoms with Crippen LogP contribution in [0.4, 0.5) is 11.4 Å². The summed E-state index contributed by atoms with van der Waals surface area (Å²) in [5, 5.41) is 0. The van der Waals surface area contributed by atoms with E-state index in [-0.39, 0.29) is 11.8 Å². The number of hydrogen-bond donors (Lipinski definition) is 0. The molecule has 1 saturated heterocycles. The van der Waals surface area contributed by atoms with Crippen molar-refractivity contribution in [2.75, 3.05) is 42.5 Å². The van der Waals surface area contributed by atoms with E-state index >= 15 is 0 Å². The summed E-state index contributed by atoms with van der Waals surface area (Å²) in [7, 11) is 0. The molecule has 1 heterocycles. The highest BCUT2D eigenvalue weighted by Crippen LogP contribution is 2.22. The van der Waals surface area contributed by atoms with Crippen LogP contribution in [-0.4, -0.2) is 49.4 Å². The first-order chi connectivity index (χ1) is 12.5. The average molecular weight is 360 g/mol. The lowest BCUT2D eigenvalue weighted by atomic mass is 9.99. The predicted octanol–water partition coefficient (Wildman–Crippen LogP) is 3.53. The Hall–Kier alpha value is -2.04. The van der Waals surface area contributed by atoms with Crippen LogP contribution in [0.5, 0.6) is 0 Å². The molecule has 0 N–H and O–H groups in total. The fourth-order valence-electron chi connectivity index (χ4n) is 3.52. The van der Waals surface area contributed by atoms with Gasteiger partial charge in [0, 0.05) is 57.4 Å². The van der Waals surface area contributed by atoms with Crippen molar-refractivity contribution in [1.29, 1.82) is 0 Å². The zero-order valence-corrected chi connectivity index (χ0v) is 16.7. The Labute approximate surface area is 158 Å². The summed E-state index contributed by atoms with van der Waals surface area (Å²) in [6.45, 7) is 12.1.